The highest BCUT2D eigenvalue weighted by atomic mass is 32.1. The van der Waals surface area contributed by atoms with Crippen molar-refractivity contribution in [1.29, 1.82) is 0 Å². The maximum absolute atomic E-state index is 10.7. The molecule has 1 N–H and O–H groups in total. The van der Waals surface area contributed by atoms with Crippen molar-refractivity contribution in [1.82, 2.24) is 10.2 Å². The molecular formula is C16H19N3O2S. The summed E-state index contributed by atoms with van der Waals surface area (Å²) in [5.74, 6) is 0. The molecule has 1 aromatic heterocycles. The van der Waals surface area contributed by atoms with Crippen molar-refractivity contribution >= 4 is 17.0 Å². The second-order valence-corrected chi connectivity index (χ2v) is 6.83. The van der Waals surface area contributed by atoms with Gasteiger partial charge in [-0.05, 0) is 36.8 Å². The first-order valence-electron chi connectivity index (χ1n) is 7.41. The lowest BCUT2D eigenvalue weighted by molar-refractivity contribution is -0.384. The van der Waals surface area contributed by atoms with Crippen molar-refractivity contribution in [2.24, 2.45) is 0 Å². The second kappa shape index (κ2) is 6.56. The lowest BCUT2D eigenvalue weighted by Crippen LogP contribution is -2.48. The highest BCUT2D eigenvalue weighted by Crippen LogP contribution is 2.30. The Morgan fingerprint density at radius 2 is 2.09 bits per heavy atom. The smallest absolute Gasteiger partial charge is 0.269 e. The number of benzene rings is 1. The molecule has 0 spiro atoms. The zero-order valence-electron chi connectivity index (χ0n) is 12.5. The van der Waals surface area contributed by atoms with Gasteiger partial charge in [0.25, 0.3) is 5.69 Å². The van der Waals surface area contributed by atoms with Gasteiger partial charge >= 0.3 is 0 Å². The topological polar surface area (TPSA) is 58.4 Å². The van der Waals surface area contributed by atoms with E-state index in [9.17, 15) is 10.1 Å². The van der Waals surface area contributed by atoms with Gasteiger partial charge in [-0.3, -0.25) is 15.0 Å². The number of thiophene rings is 1. The number of nitrogens with zero attached hydrogens (tertiary/aromatic N) is 2. The van der Waals surface area contributed by atoms with Gasteiger partial charge in [-0.25, -0.2) is 0 Å². The summed E-state index contributed by atoms with van der Waals surface area (Å²) in [6.07, 6.45) is 0. The Kier molecular flexibility index (Phi) is 4.52. The summed E-state index contributed by atoms with van der Waals surface area (Å²) in [6, 6.07) is 11.6. The molecular weight excluding hydrogens is 298 g/mol. The van der Waals surface area contributed by atoms with Crippen LogP contribution < -0.4 is 5.32 Å². The average Bonchev–Trinajstić information content (AvgIpc) is 2.96. The van der Waals surface area contributed by atoms with Crippen LogP contribution in [0.4, 0.5) is 5.69 Å². The molecule has 1 unspecified atom stereocenters. The van der Waals surface area contributed by atoms with Crippen LogP contribution in [0.1, 0.15) is 11.8 Å². The lowest BCUT2D eigenvalue weighted by Gasteiger charge is -2.31. The fraction of sp³-hybridized carbons (Fsp3) is 0.375. The molecule has 3 rings (SSSR count). The summed E-state index contributed by atoms with van der Waals surface area (Å²) in [5.41, 5.74) is 1.17. The van der Waals surface area contributed by atoms with Gasteiger partial charge < -0.3 is 5.32 Å². The Balaban J connectivity index is 1.69. The van der Waals surface area contributed by atoms with Crippen LogP contribution in [-0.2, 0) is 6.54 Å². The Bertz CT molecular complexity index is 654. The van der Waals surface area contributed by atoms with Crippen molar-refractivity contribution in [3.8, 4) is 10.4 Å². The minimum absolute atomic E-state index is 0.135. The molecule has 0 aliphatic carbocycles. The van der Waals surface area contributed by atoms with Crippen LogP contribution in [0, 0.1) is 10.1 Å². The van der Waals surface area contributed by atoms with Crippen LogP contribution >= 0.6 is 11.3 Å². The molecule has 2 aromatic rings. The molecule has 22 heavy (non-hydrogen) atoms. The lowest BCUT2D eigenvalue weighted by atomic mass is 10.2. The van der Waals surface area contributed by atoms with E-state index in [-0.39, 0.29) is 10.6 Å². The van der Waals surface area contributed by atoms with E-state index in [1.807, 2.05) is 12.1 Å². The molecule has 1 aliphatic heterocycles. The van der Waals surface area contributed by atoms with Crippen LogP contribution in [0.15, 0.2) is 36.4 Å². The van der Waals surface area contributed by atoms with E-state index < -0.39 is 0 Å². The summed E-state index contributed by atoms with van der Waals surface area (Å²) >= 11 is 1.76. The molecule has 6 heteroatoms. The standard InChI is InChI=1S/C16H19N3O2S/c1-12-10-18(9-8-17-12)11-15-6-7-16(22-15)13-2-4-14(5-3-13)19(20)21/h2-7,12,17H,8-11H2,1H3. The van der Waals surface area contributed by atoms with Crippen LogP contribution in [0.3, 0.4) is 0 Å². The normalized spacial score (nSPS) is 19.2. The van der Waals surface area contributed by atoms with Gasteiger partial charge in [-0.1, -0.05) is 0 Å². The number of non-ortho nitro benzene ring substituents is 1. The third-order valence-corrected chi connectivity index (χ3v) is 4.98. The van der Waals surface area contributed by atoms with Crippen LogP contribution in [0.25, 0.3) is 10.4 Å². The van der Waals surface area contributed by atoms with Gasteiger partial charge in [0.2, 0.25) is 0 Å². The predicted octanol–water partition coefficient (Wildman–Crippen LogP) is 3.12. The Morgan fingerprint density at radius 3 is 2.77 bits per heavy atom. The second-order valence-electron chi connectivity index (χ2n) is 5.66. The molecule has 5 nitrogen and oxygen atoms in total. The van der Waals surface area contributed by atoms with Crippen LogP contribution in [0.5, 0.6) is 0 Å². The van der Waals surface area contributed by atoms with E-state index in [1.165, 1.54) is 4.88 Å². The fourth-order valence-corrected chi connectivity index (χ4v) is 3.80. The van der Waals surface area contributed by atoms with E-state index in [0.29, 0.717) is 6.04 Å². The summed E-state index contributed by atoms with van der Waals surface area (Å²) < 4.78 is 0. The number of rotatable bonds is 4. The number of nitrogens with one attached hydrogen (secondary N) is 1. The zero-order chi connectivity index (χ0) is 15.5. The molecule has 0 amide bonds. The summed E-state index contributed by atoms with van der Waals surface area (Å²) in [5, 5.41) is 14.1. The molecule has 0 radical (unpaired) electrons. The van der Waals surface area contributed by atoms with E-state index in [2.05, 4.69) is 29.3 Å². The predicted molar refractivity (Wildman–Crippen MR) is 89.2 cm³/mol. The highest BCUT2D eigenvalue weighted by molar-refractivity contribution is 7.15. The van der Waals surface area contributed by atoms with Crippen LogP contribution in [-0.4, -0.2) is 35.5 Å². The number of hydrogen-bond donors (Lipinski definition) is 1. The maximum atomic E-state index is 10.7. The number of nitro groups is 1. The first-order chi connectivity index (χ1) is 10.6. The van der Waals surface area contributed by atoms with Gasteiger partial charge in [0, 0.05) is 54.1 Å². The average molecular weight is 317 g/mol. The fourth-order valence-electron chi connectivity index (χ4n) is 2.74. The molecule has 1 aromatic carbocycles. The molecule has 0 bridgehead atoms. The molecule has 1 atom stereocenters. The van der Waals surface area contributed by atoms with Gasteiger partial charge in [0.1, 0.15) is 0 Å². The monoisotopic (exact) mass is 317 g/mol. The van der Waals surface area contributed by atoms with Gasteiger partial charge in [0.05, 0.1) is 4.92 Å². The number of nitro benzene ring substituents is 1. The Hall–Kier alpha value is -1.76. The Morgan fingerprint density at radius 1 is 1.32 bits per heavy atom. The SMILES string of the molecule is CC1CN(Cc2ccc(-c3ccc([N+](=O)[O-])cc3)s2)CCN1. The first-order valence-corrected chi connectivity index (χ1v) is 8.23. The van der Waals surface area contributed by atoms with E-state index in [0.717, 1.165) is 36.6 Å². The first kappa shape index (κ1) is 15.1. The number of piperazine rings is 1. The molecule has 0 saturated carbocycles. The molecule has 1 fully saturated rings. The van der Waals surface area contributed by atoms with Crippen molar-refractivity contribution < 1.29 is 4.92 Å². The van der Waals surface area contributed by atoms with Gasteiger partial charge in [-0.2, -0.15) is 0 Å². The summed E-state index contributed by atoms with van der Waals surface area (Å²) in [7, 11) is 0. The molecule has 1 saturated heterocycles. The minimum Gasteiger partial charge on any atom is -0.312 e. The van der Waals surface area contributed by atoms with Crippen molar-refractivity contribution in [3.63, 3.8) is 0 Å². The quantitative estimate of drug-likeness (QED) is 0.695. The van der Waals surface area contributed by atoms with Crippen molar-refractivity contribution in [2.45, 2.75) is 19.5 Å². The van der Waals surface area contributed by atoms with Crippen LogP contribution in [0.2, 0.25) is 0 Å². The zero-order valence-corrected chi connectivity index (χ0v) is 13.3. The third kappa shape index (κ3) is 3.52. The van der Waals surface area contributed by atoms with Crippen molar-refractivity contribution in [3.05, 3.63) is 51.4 Å². The summed E-state index contributed by atoms with van der Waals surface area (Å²) in [4.78, 5) is 15.3. The molecule has 1 aliphatic rings. The largest absolute Gasteiger partial charge is 0.312 e. The third-order valence-electron chi connectivity index (χ3n) is 3.86. The summed E-state index contributed by atoms with van der Waals surface area (Å²) in [6.45, 7) is 6.38. The van der Waals surface area contributed by atoms with Crippen molar-refractivity contribution in [2.75, 3.05) is 19.6 Å². The van der Waals surface area contributed by atoms with Gasteiger partial charge in [-0.15, -0.1) is 11.3 Å². The number of hydrogen-bond acceptors (Lipinski definition) is 5. The Labute approximate surface area is 133 Å². The molecule has 116 valence electrons. The van der Waals surface area contributed by atoms with E-state index >= 15 is 0 Å². The maximum Gasteiger partial charge on any atom is 0.269 e. The van der Waals surface area contributed by atoms with Gasteiger partial charge in [0.15, 0.2) is 0 Å². The van der Waals surface area contributed by atoms with E-state index in [1.54, 1.807) is 23.5 Å². The highest BCUT2D eigenvalue weighted by Gasteiger charge is 2.16. The minimum atomic E-state index is -0.366. The van der Waals surface area contributed by atoms with E-state index in [4.69, 9.17) is 0 Å². The molecule has 2 heterocycles.